The summed E-state index contributed by atoms with van der Waals surface area (Å²) in [6.45, 7) is 10.3. The number of hydrogen-bond donors (Lipinski definition) is 0. The highest BCUT2D eigenvalue weighted by atomic mass is 16.5. The molecule has 2 aliphatic rings. The summed E-state index contributed by atoms with van der Waals surface area (Å²) in [6.07, 6.45) is 0.921. The maximum absolute atomic E-state index is 5.91. The highest BCUT2D eigenvalue weighted by Crippen LogP contribution is 2.51. The van der Waals surface area contributed by atoms with Crippen molar-refractivity contribution in [3.63, 3.8) is 0 Å². The topological polar surface area (TPSA) is 22.4 Å². The van der Waals surface area contributed by atoms with Gasteiger partial charge in [0.2, 0.25) is 0 Å². The van der Waals surface area contributed by atoms with E-state index in [0.717, 1.165) is 34.8 Å². The number of furan rings is 1. The van der Waals surface area contributed by atoms with E-state index >= 15 is 0 Å². The summed E-state index contributed by atoms with van der Waals surface area (Å²) in [7, 11) is 0. The third kappa shape index (κ3) is 1.05. The smallest absolute Gasteiger partial charge is 0.177 e. The number of rotatable bonds is 0. The highest BCUT2D eigenvalue weighted by molar-refractivity contribution is 5.97. The van der Waals surface area contributed by atoms with Crippen LogP contribution in [0.1, 0.15) is 37.4 Å². The van der Waals surface area contributed by atoms with E-state index in [9.17, 15) is 0 Å². The van der Waals surface area contributed by atoms with Crippen molar-refractivity contribution in [2.75, 3.05) is 0 Å². The molecule has 0 aromatic carbocycles. The van der Waals surface area contributed by atoms with Crippen LogP contribution >= 0.6 is 0 Å². The van der Waals surface area contributed by atoms with Crippen LogP contribution in [0.3, 0.4) is 0 Å². The van der Waals surface area contributed by atoms with Crippen molar-refractivity contribution >= 4 is 11.3 Å². The molecule has 2 heteroatoms. The number of hydrogen-bond acceptors (Lipinski definition) is 2. The van der Waals surface area contributed by atoms with Crippen LogP contribution in [0.15, 0.2) is 22.6 Å². The molecule has 15 heavy (non-hydrogen) atoms. The molecule has 1 aromatic rings. The van der Waals surface area contributed by atoms with Crippen molar-refractivity contribution in [3.8, 4) is 0 Å². The monoisotopic (exact) mass is 202 g/mol. The maximum atomic E-state index is 5.91. The molecule has 1 aliphatic heterocycles. The minimum Gasteiger partial charge on any atom is -0.483 e. The highest BCUT2D eigenvalue weighted by Gasteiger charge is 2.41. The Kier molecular flexibility index (Phi) is 1.40. The lowest BCUT2D eigenvalue weighted by atomic mass is 9.96. The summed E-state index contributed by atoms with van der Waals surface area (Å²) in [4.78, 5) is 0. The Morgan fingerprint density at radius 3 is 2.87 bits per heavy atom. The van der Waals surface area contributed by atoms with Gasteiger partial charge in [0.1, 0.15) is 11.4 Å². The summed E-state index contributed by atoms with van der Waals surface area (Å²) in [5.74, 6) is 2.70. The third-order valence-corrected chi connectivity index (χ3v) is 3.01. The minimum absolute atomic E-state index is 0.119. The molecule has 0 saturated carbocycles. The summed E-state index contributed by atoms with van der Waals surface area (Å²) >= 11 is 0. The van der Waals surface area contributed by atoms with E-state index < -0.39 is 0 Å². The fourth-order valence-corrected chi connectivity index (χ4v) is 2.38. The van der Waals surface area contributed by atoms with Gasteiger partial charge in [0.15, 0.2) is 11.5 Å². The summed E-state index contributed by atoms with van der Waals surface area (Å²) in [5, 5.41) is 0. The lowest BCUT2D eigenvalue weighted by Crippen LogP contribution is -2.18. The molecule has 78 valence electrons. The maximum Gasteiger partial charge on any atom is 0.177 e. The lowest BCUT2D eigenvalue weighted by Gasteiger charge is -2.20. The fourth-order valence-electron chi connectivity index (χ4n) is 2.38. The van der Waals surface area contributed by atoms with Crippen LogP contribution in [-0.2, 0) is 4.74 Å². The molecule has 3 rings (SSSR count). The first kappa shape index (κ1) is 8.84. The molecule has 1 aromatic heterocycles. The van der Waals surface area contributed by atoms with Crippen LogP contribution in [0, 0.1) is 6.92 Å². The van der Waals surface area contributed by atoms with Crippen molar-refractivity contribution < 1.29 is 9.15 Å². The van der Waals surface area contributed by atoms with Crippen LogP contribution in [0.2, 0.25) is 0 Å². The SMILES string of the molecule is C=C1C2=C(OC(C)(C)C2)c2oc(C)cc21. The van der Waals surface area contributed by atoms with Crippen molar-refractivity contribution in [2.45, 2.75) is 32.8 Å². The molecule has 0 bridgehead atoms. The van der Waals surface area contributed by atoms with Gasteiger partial charge >= 0.3 is 0 Å². The molecule has 0 spiro atoms. The zero-order valence-corrected chi connectivity index (χ0v) is 9.31. The largest absolute Gasteiger partial charge is 0.483 e. The Bertz CT molecular complexity index is 501. The molecule has 0 fully saturated rings. The zero-order chi connectivity index (χ0) is 10.8. The van der Waals surface area contributed by atoms with Crippen LogP contribution in [0.5, 0.6) is 0 Å². The Morgan fingerprint density at radius 1 is 1.40 bits per heavy atom. The van der Waals surface area contributed by atoms with E-state index in [2.05, 4.69) is 20.4 Å². The molecule has 0 N–H and O–H groups in total. The van der Waals surface area contributed by atoms with Crippen molar-refractivity contribution in [1.29, 1.82) is 0 Å². The zero-order valence-electron chi connectivity index (χ0n) is 9.31. The molecular weight excluding hydrogens is 188 g/mol. The quantitative estimate of drug-likeness (QED) is 0.642. The predicted octanol–water partition coefficient (Wildman–Crippen LogP) is 3.52. The van der Waals surface area contributed by atoms with Gasteiger partial charge in [-0.2, -0.15) is 0 Å². The van der Waals surface area contributed by atoms with E-state index in [1.54, 1.807) is 0 Å². The minimum atomic E-state index is -0.119. The van der Waals surface area contributed by atoms with Gasteiger partial charge in [0.25, 0.3) is 0 Å². The second-order valence-electron chi connectivity index (χ2n) is 4.92. The van der Waals surface area contributed by atoms with Gasteiger partial charge < -0.3 is 9.15 Å². The van der Waals surface area contributed by atoms with Crippen molar-refractivity contribution in [3.05, 3.63) is 35.3 Å². The van der Waals surface area contributed by atoms with E-state index in [0.29, 0.717) is 0 Å². The predicted molar refractivity (Wildman–Crippen MR) is 59.2 cm³/mol. The molecule has 0 saturated heterocycles. The van der Waals surface area contributed by atoms with E-state index in [1.165, 1.54) is 5.57 Å². The Morgan fingerprint density at radius 2 is 2.13 bits per heavy atom. The molecule has 2 heterocycles. The molecule has 0 unspecified atom stereocenters. The van der Waals surface area contributed by atoms with Crippen LogP contribution in [0.4, 0.5) is 0 Å². The Balaban J connectivity index is 2.15. The molecule has 0 amide bonds. The Labute approximate surface area is 89.2 Å². The normalized spacial score (nSPS) is 21.7. The summed E-state index contributed by atoms with van der Waals surface area (Å²) in [6, 6.07) is 2.03. The fraction of sp³-hybridized carbons (Fsp3) is 0.385. The molecular formula is C13H14O2. The van der Waals surface area contributed by atoms with Gasteiger partial charge in [-0.3, -0.25) is 0 Å². The molecule has 0 atom stereocenters. The van der Waals surface area contributed by atoms with Gasteiger partial charge in [0.05, 0.1) is 0 Å². The first-order valence-electron chi connectivity index (χ1n) is 5.20. The van der Waals surface area contributed by atoms with Crippen molar-refractivity contribution in [2.24, 2.45) is 0 Å². The van der Waals surface area contributed by atoms with Gasteiger partial charge in [-0.05, 0) is 32.4 Å². The average Bonchev–Trinajstić information content (AvgIpc) is 2.69. The number of fused-ring (bicyclic) bond motifs is 2. The first-order valence-corrected chi connectivity index (χ1v) is 5.20. The van der Waals surface area contributed by atoms with Gasteiger partial charge in [-0.15, -0.1) is 0 Å². The second-order valence-corrected chi connectivity index (χ2v) is 4.92. The molecule has 1 aliphatic carbocycles. The first-order chi connectivity index (χ1) is 6.98. The summed E-state index contributed by atoms with van der Waals surface area (Å²) < 4.78 is 11.6. The Hall–Kier alpha value is -1.44. The standard InChI is InChI=1S/C13H14O2/c1-7-5-9-8(2)10-6-13(3,4)15-12(10)11(9)14-7/h5H,2,6H2,1,3-4H3. The van der Waals surface area contributed by atoms with E-state index in [4.69, 9.17) is 9.15 Å². The van der Waals surface area contributed by atoms with Crippen LogP contribution < -0.4 is 0 Å². The summed E-state index contributed by atoms with van der Waals surface area (Å²) in [5.41, 5.74) is 3.27. The van der Waals surface area contributed by atoms with Gasteiger partial charge in [-0.1, -0.05) is 6.58 Å². The van der Waals surface area contributed by atoms with E-state index in [1.807, 2.05) is 13.0 Å². The van der Waals surface area contributed by atoms with E-state index in [-0.39, 0.29) is 5.60 Å². The average molecular weight is 202 g/mol. The van der Waals surface area contributed by atoms with Crippen molar-refractivity contribution in [1.82, 2.24) is 0 Å². The number of allylic oxidation sites excluding steroid dienone is 1. The van der Waals surface area contributed by atoms with Gasteiger partial charge in [0, 0.05) is 17.6 Å². The number of ether oxygens (including phenoxy) is 1. The van der Waals surface area contributed by atoms with Crippen LogP contribution in [0.25, 0.3) is 11.3 Å². The van der Waals surface area contributed by atoms with Crippen LogP contribution in [-0.4, -0.2) is 5.60 Å². The lowest BCUT2D eigenvalue weighted by molar-refractivity contribution is 0.0964. The third-order valence-electron chi connectivity index (χ3n) is 3.01. The van der Waals surface area contributed by atoms with Gasteiger partial charge in [-0.25, -0.2) is 0 Å². The molecule has 0 radical (unpaired) electrons. The number of aryl methyl sites for hydroxylation is 1. The molecule has 2 nitrogen and oxygen atoms in total. The second kappa shape index (κ2) is 2.38.